The molecule has 0 fully saturated rings. The van der Waals surface area contributed by atoms with Gasteiger partial charge >= 0.3 is 0 Å². The van der Waals surface area contributed by atoms with Crippen molar-refractivity contribution < 1.29 is 9.72 Å². The third-order valence-corrected chi connectivity index (χ3v) is 4.26. The number of rotatable bonds is 6. The van der Waals surface area contributed by atoms with E-state index in [0.29, 0.717) is 23.5 Å². The highest BCUT2D eigenvalue weighted by Crippen LogP contribution is 2.16. The number of aromatic nitrogens is 4. The van der Waals surface area contributed by atoms with E-state index in [0.717, 1.165) is 5.56 Å². The van der Waals surface area contributed by atoms with Crippen molar-refractivity contribution in [2.45, 2.75) is 6.54 Å². The molecule has 9 heteroatoms. The highest BCUT2D eigenvalue weighted by atomic mass is 16.6. The molecule has 4 aromatic rings. The van der Waals surface area contributed by atoms with Crippen LogP contribution in [0.2, 0.25) is 0 Å². The van der Waals surface area contributed by atoms with Gasteiger partial charge in [0.15, 0.2) is 0 Å². The van der Waals surface area contributed by atoms with Crippen LogP contribution in [0, 0.1) is 10.1 Å². The van der Waals surface area contributed by atoms with Crippen molar-refractivity contribution in [1.82, 2.24) is 19.6 Å². The van der Waals surface area contributed by atoms with E-state index < -0.39 is 4.92 Å². The number of nitrogens with one attached hydrogen (secondary N) is 1. The molecule has 0 atom stereocenters. The first-order chi connectivity index (χ1) is 14.1. The molecule has 144 valence electrons. The highest BCUT2D eigenvalue weighted by Gasteiger charge is 2.11. The number of benzene rings is 2. The molecule has 0 aliphatic carbocycles. The first-order valence-corrected chi connectivity index (χ1v) is 8.76. The largest absolute Gasteiger partial charge is 0.322 e. The quantitative estimate of drug-likeness (QED) is 0.403. The highest BCUT2D eigenvalue weighted by molar-refractivity contribution is 6.04. The Bertz CT molecular complexity index is 1150. The lowest BCUT2D eigenvalue weighted by Crippen LogP contribution is -2.11. The molecule has 0 saturated carbocycles. The maximum atomic E-state index is 12.6. The topological polar surface area (TPSA) is 108 Å². The van der Waals surface area contributed by atoms with Gasteiger partial charge in [-0.3, -0.25) is 19.6 Å². The summed E-state index contributed by atoms with van der Waals surface area (Å²) in [6.45, 7) is 0.606. The predicted molar refractivity (Wildman–Crippen MR) is 106 cm³/mol. The number of carbonyl (C=O) groups excluding carboxylic acids is 1. The molecule has 0 radical (unpaired) electrons. The van der Waals surface area contributed by atoms with E-state index in [1.54, 1.807) is 29.2 Å². The summed E-state index contributed by atoms with van der Waals surface area (Å²) in [4.78, 5) is 22.8. The van der Waals surface area contributed by atoms with Gasteiger partial charge in [0.05, 0.1) is 28.9 Å². The molecule has 0 saturated heterocycles. The van der Waals surface area contributed by atoms with Crippen molar-refractivity contribution in [3.8, 4) is 5.69 Å². The number of amides is 1. The number of carbonyl (C=O) groups is 1. The minimum absolute atomic E-state index is 0.00568. The second-order valence-electron chi connectivity index (χ2n) is 6.31. The number of nitro benzene ring substituents is 1. The number of hydrogen-bond donors (Lipinski definition) is 1. The Morgan fingerprint density at radius 2 is 1.93 bits per heavy atom. The van der Waals surface area contributed by atoms with Gasteiger partial charge in [-0.25, -0.2) is 4.68 Å². The van der Waals surface area contributed by atoms with E-state index in [4.69, 9.17) is 0 Å². The minimum atomic E-state index is -0.466. The van der Waals surface area contributed by atoms with Crippen LogP contribution in [-0.4, -0.2) is 30.4 Å². The van der Waals surface area contributed by atoms with Crippen LogP contribution in [0.5, 0.6) is 0 Å². The van der Waals surface area contributed by atoms with Gasteiger partial charge in [0, 0.05) is 36.4 Å². The fraction of sp³-hybridized carbons (Fsp3) is 0.0500. The molecular weight excluding hydrogens is 372 g/mol. The van der Waals surface area contributed by atoms with E-state index in [-0.39, 0.29) is 11.6 Å². The Morgan fingerprint density at radius 3 is 2.66 bits per heavy atom. The summed E-state index contributed by atoms with van der Waals surface area (Å²) in [5.41, 5.74) is 2.67. The van der Waals surface area contributed by atoms with Gasteiger partial charge in [-0.05, 0) is 35.9 Å². The van der Waals surface area contributed by atoms with Crippen LogP contribution in [0.15, 0.2) is 79.4 Å². The molecule has 0 spiro atoms. The number of non-ortho nitro benzene ring substituents is 1. The summed E-state index contributed by atoms with van der Waals surface area (Å²) in [5, 5.41) is 22.0. The zero-order chi connectivity index (χ0) is 20.2. The number of nitro groups is 1. The van der Waals surface area contributed by atoms with E-state index in [2.05, 4.69) is 15.5 Å². The summed E-state index contributed by atoms with van der Waals surface area (Å²) < 4.78 is 3.29. The molecule has 0 aliphatic heterocycles. The Balaban J connectivity index is 1.46. The minimum Gasteiger partial charge on any atom is -0.322 e. The smallest absolute Gasteiger partial charge is 0.269 e. The van der Waals surface area contributed by atoms with Gasteiger partial charge in [-0.15, -0.1) is 0 Å². The lowest BCUT2D eigenvalue weighted by Gasteiger charge is -2.07. The van der Waals surface area contributed by atoms with Gasteiger partial charge in [0.25, 0.3) is 11.6 Å². The fourth-order valence-corrected chi connectivity index (χ4v) is 2.84. The zero-order valence-corrected chi connectivity index (χ0v) is 15.2. The Morgan fingerprint density at radius 1 is 1.10 bits per heavy atom. The van der Waals surface area contributed by atoms with Crippen LogP contribution in [-0.2, 0) is 6.54 Å². The van der Waals surface area contributed by atoms with Crippen LogP contribution in [0.25, 0.3) is 5.69 Å². The summed E-state index contributed by atoms with van der Waals surface area (Å²) in [5.74, 6) is -0.297. The van der Waals surface area contributed by atoms with Crippen LogP contribution < -0.4 is 5.32 Å². The van der Waals surface area contributed by atoms with Gasteiger partial charge in [-0.1, -0.05) is 12.1 Å². The first-order valence-electron chi connectivity index (χ1n) is 8.76. The van der Waals surface area contributed by atoms with E-state index >= 15 is 0 Å². The molecule has 29 heavy (non-hydrogen) atoms. The van der Waals surface area contributed by atoms with E-state index in [9.17, 15) is 14.9 Å². The number of nitrogens with zero attached hydrogens (tertiary/aromatic N) is 5. The van der Waals surface area contributed by atoms with Gasteiger partial charge in [0.2, 0.25) is 0 Å². The molecule has 0 unspecified atom stereocenters. The van der Waals surface area contributed by atoms with E-state index in [1.165, 1.54) is 23.0 Å². The van der Waals surface area contributed by atoms with Crippen LogP contribution >= 0.6 is 0 Å². The summed E-state index contributed by atoms with van der Waals surface area (Å²) in [6.07, 6.45) is 6.61. The standard InChI is InChI=1S/C20H16N6O3/c27-20(23-17-4-1-3-15(11-17)13-24-10-2-9-21-24)16-12-22-25(14-16)18-5-7-19(8-6-18)26(28)29/h1-12,14H,13H2,(H,23,27). The Labute approximate surface area is 165 Å². The molecule has 4 rings (SSSR count). The monoisotopic (exact) mass is 388 g/mol. The lowest BCUT2D eigenvalue weighted by molar-refractivity contribution is -0.384. The normalized spacial score (nSPS) is 10.6. The van der Waals surface area contributed by atoms with Crippen molar-refractivity contribution in [3.05, 3.63) is 101 Å². The van der Waals surface area contributed by atoms with Crippen LogP contribution in [0.1, 0.15) is 15.9 Å². The molecule has 2 aromatic heterocycles. The molecule has 0 aliphatic rings. The van der Waals surface area contributed by atoms with Gasteiger partial charge < -0.3 is 5.32 Å². The van der Waals surface area contributed by atoms with Crippen molar-refractivity contribution in [3.63, 3.8) is 0 Å². The summed E-state index contributed by atoms with van der Waals surface area (Å²) >= 11 is 0. The fourth-order valence-electron chi connectivity index (χ4n) is 2.84. The lowest BCUT2D eigenvalue weighted by atomic mass is 10.2. The van der Waals surface area contributed by atoms with Crippen molar-refractivity contribution in [2.75, 3.05) is 5.32 Å². The third-order valence-electron chi connectivity index (χ3n) is 4.26. The maximum absolute atomic E-state index is 12.6. The van der Waals surface area contributed by atoms with Gasteiger partial charge in [-0.2, -0.15) is 10.2 Å². The second kappa shape index (κ2) is 7.77. The molecule has 9 nitrogen and oxygen atoms in total. The predicted octanol–water partition coefficient (Wildman–Crippen LogP) is 3.28. The molecule has 1 amide bonds. The maximum Gasteiger partial charge on any atom is 0.269 e. The SMILES string of the molecule is O=C(Nc1cccc(Cn2cccn2)c1)c1cnn(-c2ccc([N+](=O)[O-])cc2)c1. The van der Waals surface area contributed by atoms with E-state index in [1.807, 2.05) is 36.5 Å². The third kappa shape index (κ3) is 4.19. The second-order valence-corrected chi connectivity index (χ2v) is 6.31. The summed E-state index contributed by atoms with van der Waals surface area (Å²) in [7, 11) is 0. The van der Waals surface area contributed by atoms with Crippen molar-refractivity contribution in [2.24, 2.45) is 0 Å². The molecule has 2 aromatic carbocycles. The molecular formula is C20H16N6O3. The molecule has 0 bridgehead atoms. The molecule has 1 N–H and O–H groups in total. The van der Waals surface area contributed by atoms with Gasteiger partial charge in [0.1, 0.15) is 0 Å². The average molecular weight is 388 g/mol. The first kappa shape index (κ1) is 18.1. The van der Waals surface area contributed by atoms with Crippen LogP contribution in [0.4, 0.5) is 11.4 Å². The summed E-state index contributed by atoms with van der Waals surface area (Å²) in [6, 6.07) is 15.3. The average Bonchev–Trinajstić information content (AvgIpc) is 3.40. The van der Waals surface area contributed by atoms with Crippen LogP contribution in [0.3, 0.4) is 0 Å². The Kier molecular flexibility index (Phi) is 4.85. The number of hydrogen-bond acceptors (Lipinski definition) is 5. The molecule has 2 heterocycles. The van der Waals surface area contributed by atoms with Crippen molar-refractivity contribution >= 4 is 17.3 Å². The van der Waals surface area contributed by atoms with Crippen molar-refractivity contribution in [1.29, 1.82) is 0 Å². The number of anilines is 1. The Hall–Kier alpha value is -4.27. The zero-order valence-electron chi connectivity index (χ0n) is 15.2.